The normalized spacial score (nSPS) is 20.2. The van der Waals surface area contributed by atoms with Gasteiger partial charge in [0, 0.05) is 43.4 Å². The molecule has 2 fully saturated rings. The van der Waals surface area contributed by atoms with Crippen LogP contribution >= 0.6 is 11.6 Å². The van der Waals surface area contributed by atoms with E-state index in [0.29, 0.717) is 6.54 Å². The van der Waals surface area contributed by atoms with Crippen molar-refractivity contribution in [2.24, 2.45) is 5.92 Å². The van der Waals surface area contributed by atoms with E-state index in [4.69, 9.17) is 11.6 Å². The number of carbonyl (C=O) groups excluding carboxylic acids is 1. The molecule has 0 saturated carbocycles. The van der Waals surface area contributed by atoms with Gasteiger partial charge in [0.1, 0.15) is 0 Å². The summed E-state index contributed by atoms with van der Waals surface area (Å²) >= 11 is 6.31. The average molecular weight is 426 g/mol. The number of piperidine rings is 2. The topological polar surface area (TPSA) is 35.6 Å². The standard InChI is InChI=1S/C25H32ClN3O/c26-24-9-3-2-7-21(24)18-28-14-6-8-22(19-28)25(30)27-17-20-10-12-23(13-11-20)29-15-4-1-5-16-29/h2-3,7,9-13,22H,1,4-6,8,14-19H2,(H,27,30)/t22-/m0/s1. The predicted octanol–water partition coefficient (Wildman–Crippen LogP) is 4.86. The fraction of sp³-hybridized carbons (Fsp3) is 0.480. The maximum atomic E-state index is 12.8. The third-order valence-electron chi connectivity index (χ3n) is 6.35. The number of likely N-dealkylation sites (tertiary alicyclic amines) is 1. The smallest absolute Gasteiger partial charge is 0.224 e. The summed E-state index contributed by atoms with van der Waals surface area (Å²) in [4.78, 5) is 17.6. The Hall–Kier alpha value is -2.04. The lowest BCUT2D eigenvalue weighted by Gasteiger charge is -2.32. The van der Waals surface area contributed by atoms with Crippen LogP contribution in [0.4, 0.5) is 5.69 Å². The lowest BCUT2D eigenvalue weighted by molar-refractivity contribution is -0.126. The van der Waals surface area contributed by atoms with E-state index in [1.165, 1.54) is 24.9 Å². The molecule has 0 unspecified atom stereocenters. The Bertz CT molecular complexity index is 833. The van der Waals surface area contributed by atoms with Gasteiger partial charge in [-0.05, 0) is 68.0 Å². The molecule has 0 bridgehead atoms. The molecule has 1 amide bonds. The fourth-order valence-electron chi connectivity index (χ4n) is 4.59. The molecule has 2 heterocycles. The number of halogens is 1. The van der Waals surface area contributed by atoms with Crippen LogP contribution in [0.3, 0.4) is 0 Å². The summed E-state index contributed by atoms with van der Waals surface area (Å²) in [5.41, 5.74) is 3.59. The third kappa shape index (κ3) is 5.55. The monoisotopic (exact) mass is 425 g/mol. The highest BCUT2D eigenvalue weighted by Gasteiger charge is 2.26. The zero-order chi connectivity index (χ0) is 20.8. The lowest BCUT2D eigenvalue weighted by atomic mass is 9.96. The van der Waals surface area contributed by atoms with Crippen molar-refractivity contribution >= 4 is 23.2 Å². The van der Waals surface area contributed by atoms with E-state index in [0.717, 1.165) is 61.7 Å². The van der Waals surface area contributed by atoms with Crippen LogP contribution in [-0.2, 0) is 17.9 Å². The van der Waals surface area contributed by atoms with Crippen molar-refractivity contribution in [1.29, 1.82) is 0 Å². The first kappa shape index (κ1) is 21.2. The largest absolute Gasteiger partial charge is 0.372 e. The fourth-order valence-corrected chi connectivity index (χ4v) is 4.79. The first-order valence-electron chi connectivity index (χ1n) is 11.3. The lowest BCUT2D eigenvalue weighted by Crippen LogP contribution is -2.42. The average Bonchev–Trinajstić information content (AvgIpc) is 2.80. The molecule has 2 aliphatic rings. The first-order valence-corrected chi connectivity index (χ1v) is 11.6. The Balaban J connectivity index is 1.26. The molecule has 0 aliphatic carbocycles. The Labute approximate surface area is 185 Å². The van der Waals surface area contributed by atoms with Crippen molar-refractivity contribution < 1.29 is 4.79 Å². The summed E-state index contributed by atoms with van der Waals surface area (Å²) in [5.74, 6) is 0.216. The van der Waals surface area contributed by atoms with E-state index in [-0.39, 0.29) is 11.8 Å². The van der Waals surface area contributed by atoms with Gasteiger partial charge in [0.25, 0.3) is 0 Å². The van der Waals surface area contributed by atoms with Crippen molar-refractivity contribution in [3.63, 3.8) is 0 Å². The molecule has 1 atom stereocenters. The minimum atomic E-state index is 0.0499. The van der Waals surface area contributed by atoms with Gasteiger partial charge in [-0.1, -0.05) is 41.9 Å². The van der Waals surface area contributed by atoms with E-state index in [1.54, 1.807) is 0 Å². The van der Waals surface area contributed by atoms with Crippen LogP contribution in [0.2, 0.25) is 5.02 Å². The molecule has 0 radical (unpaired) electrons. The van der Waals surface area contributed by atoms with E-state index >= 15 is 0 Å². The highest BCUT2D eigenvalue weighted by Crippen LogP contribution is 2.23. The van der Waals surface area contributed by atoms with Gasteiger partial charge >= 0.3 is 0 Å². The van der Waals surface area contributed by atoms with Gasteiger partial charge in [0.05, 0.1) is 5.92 Å². The zero-order valence-corrected chi connectivity index (χ0v) is 18.4. The maximum Gasteiger partial charge on any atom is 0.224 e. The van der Waals surface area contributed by atoms with Gasteiger partial charge in [-0.3, -0.25) is 9.69 Å². The molecule has 160 valence electrons. The molecular weight excluding hydrogens is 394 g/mol. The Morgan fingerprint density at radius 2 is 1.73 bits per heavy atom. The Morgan fingerprint density at radius 3 is 2.50 bits per heavy atom. The molecule has 5 heteroatoms. The van der Waals surface area contributed by atoms with E-state index in [2.05, 4.69) is 45.4 Å². The second kappa shape index (κ2) is 10.3. The van der Waals surface area contributed by atoms with Crippen molar-refractivity contribution in [2.45, 2.75) is 45.2 Å². The van der Waals surface area contributed by atoms with Gasteiger partial charge in [-0.25, -0.2) is 0 Å². The van der Waals surface area contributed by atoms with Crippen LogP contribution in [0.15, 0.2) is 48.5 Å². The van der Waals surface area contributed by atoms with Crippen LogP contribution in [0.25, 0.3) is 0 Å². The van der Waals surface area contributed by atoms with Gasteiger partial charge in [0.15, 0.2) is 0 Å². The van der Waals surface area contributed by atoms with Gasteiger partial charge in [0.2, 0.25) is 5.91 Å². The van der Waals surface area contributed by atoms with E-state index < -0.39 is 0 Å². The second-order valence-corrected chi connectivity index (χ2v) is 9.00. The SMILES string of the molecule is O=C(NCc1ccc(N2CCCCC2)cc1)[C@H]1CCCN(Cc2ccccc2Cl)C1. The molecule has 30 heavy (non-hydrogen) atoms. The molecule has 1 N–H and O–H groups in total. The Kier molecular flexibility index (Phi) is 7.29. The summed E-state index contributed by atoms with van der Waals surface area (Å²) in [6.45, 7) is 5.53. The summed E-state index contributed by atoms with van der Waals surface area (Å²) in [6, 6.07) is 16.7. The zero-order valence-electron chi connectivity index (χ0n) is 17.7. The molecule has 2 saturated heterocycles. The molecule has 4 rings (SSSR count). The summed E-state index contributed by atoms with van der Waals surface area (Å²) in [5, 5.41) is 3.96. The molecule has 2 aromatic rings. The number of benzene rings is 2. The van der Waals surface area contributed by atoms with Crippen LogP contribution in [0, 0.1) is 5.92 Å². The van der Waals surface area contributed by atoms with Crippen molar-refractivity contribution in [1.82, 2.24) is 10.2 Å². The van der Waals surface area contributed by atoms with Crippen molar-refractivity contribution in [3.8, 4) is 0 Å². The molecular formula is C25H32ClN3O. The minimum Gasteiger partial charge on any atom is -0.372 e. The number of nitrogens with zero attached hydrogens (tertiary/aromatic N) is 2. The minimum absolute atomic E-state index is 0.0499. The van der Waals surface area contributed by atoms with Crippen LogP contribution < -0.4 is 10.2 Å². The summed E-state index contributed by atoms with van der Waals surface area (Å²) in [6.07, 6.45) is 5.92. The molecule has 0 aromatic heterocycles. The second-order valence-electron chi connectivity index (χ2n) is 8.60. The van der Waals surface area contributed by atoms with Crippen LogP contribution in [-0.4, -0.2) is 37.0 Å². The van der Waals surface area contributed by atoms with E-state index in [9.17, 15) is 4.79 Å². The number of hydrogen-bond donors (Lipinski definition) is 1. The number of anilines is 1. The highest BCUT2D eigenvalue weighted by molar-refractivity contribution is 6.31. The van der Waals surface area contributed by atoms with Gasteiger partial charge < -0.3 is 10.2 Å². The number of amides is 1. The quantitative estimate of drug-likeness (QED) is 0.717. The number of hydrogen-bond acceptors (Lipinski definition) is 3. The third-order valence-corrected chi connectivity index (χ3v) is 6.72. The summed E-state index contributed by atoms with van der Waals surface area (Å²) < 4.78 is 0. The first-order chi connectivity index (χ1) is 14.7. The van der Waals surface area contributed by atoms with Gasteiger partial charge in [-0.2, -0.15) is 0 Å². The number of carbonyl (C=O) groups is 1. The van der Waals surface area contributed by atoms with Crippen LogP contribution in [0.5, 0.6) is 0 Å². The Morgan fingerprint density at radius 1 is 0.967 bits per heavy atom. The number of rotatable bonds is 6. The molecule has 2 aromatic carbocycles. The molecule has 0 spiro atoms. The molecule has 2 aliphatic heterocycles. The highest BCUT2D eigenvalue weighted by atomic mass is 35.5. The van der Waals surface area contributed by atoms with Gasteiger partial charge in [-0.15, -0.1) is 0 Å². The summed E-state index contributed by atoms with van der Waals surface area (Å²) in [7, 11) is 0. The van der Waals surface area contributed by atoms with Crippen molar-refractivity contribution in [2.75, 3.05) is 31.1 Å². The van der Waals surface area contributed by atoms with E-state index in [1.807, 2.05) is 18.2 Å². The predicted molar refractivity (Wildman–Crippen MR) is 124 cm³/mol. The molecule has 4 nitrogen and oxygen atoms in total. The maximum absolute atomic E-state index is 12.8. The van der Waals surface area contributed by atoms with Crippen molar-refractivity contribution in [3.05, 3.63) is 64.7 Å². The van der Waals surface area contributed by atoms with Crippen LogP contribution in [0.1, 0.15) is 43.2 Å². The number of nitrogens with one attached hydrogen (secondary N) is 1.